The molecule has 2 heterocycles. The molecule has 1 unspecified atom stereocenters. The molecule has 0 aliphatic rings. The molecule has 0 aliphatic carbocycles. The summed E-state index contributed by atoms with van der Waals surface area (Å²) in [5.41, 5.74) is 1.89. The fourth-order valence-electron chi connectivity index (χ4n) is 1.49. The summed E-state index contributed by atoms with van der Waals surface area (Å²) in [6.45, 7) is 1.99. The van der Waals surface area contributed by atoms with Gasteiger partial charge in [-0.05, 0) is 30.0 Å². The molecule has 16 heavy (non-hydrogen) atoms. The zero-order valence-corrected chi connectivity index (χ0v) is 9.99. The molecule has 0 saturated carbocycles. The van der Waals surface area contributed by atoms with E-state index in [1.54, 1.807) is 30.7 Å². The average Bonchev–Trinajstić information content (AvgIpc) is 2.75. The molecule has 84 valence electrons. The second-order valence-electron chi connectivity index (χ2n) is 3.50. The van der Waals surface area contributed by atoms with Gasteiger partial charge in [0.15, 0.2) is 0 Å². The van der Waals surface area contributed by atoms with E-state index in [0.29, 0.717) is 5.88 Å². The Hall–Kier alpha value is -1.39. The van der Waals surface area contributed by atoms with E-state index in [2.05, 4.69) is 4.98 Å². The van der Waals surface area contributed by atoms with Crippen LogP contribution in [0.5, 0.6) is 5.88 Å². The van der Waals surface area contributed by atoms with Crippen molar-refractivity contribution in [2.45, 2.75) is 13.0 Å². The minimum Gasteiger partial charge on any atom is -0.481 e. The third-order valence-electron chi connectivity index (χ3n) is 2.43. The number of aliphatic hydroxyl groups is 1. The van der Waals surface area contributed by atoms with Gasteiger partial charge >= 0.3 is 0 Å². The Balaban J connectivity index is 2.27. The van der Waals surface area contributed by atoms with E-state index >= 15 is 0 Å². The third-order valence-corrected chi connectivity index (χ3v) is 3.51. The van der Waals surface area contributed by atoms with E-state index in [0.717, 1.165) is 16.0 Å². The van der Waals surface area contributed by atoms with Crippen LogP contribution in [0.2, 0.25) is 0 Å². The van der Waals surface area contributed by atoms with Gasteiger partial charge in [0.05, 0.1) is 7.11 Å². The van der Waals surface area contributed by atoms with Crippen LogP contribution >= 0.6 is 11.3 Å². The largest absolute Gasteiger partial charge is 0.481 e. The maximum atomic E-state index is 10.2. The van der Waals surface area contributed by atoms with Crippen molar-refractivity contribution in [3.63, 3.8) is 0 Å². The minimum atomic E-state index is -0.599. The van der Waals surface area contributed by atoms with Crippen molar-refractivity contribution in [3.8, 4) is 5.88 Å². The van der Waals surface area contributed by atoms with Crippen molar-refractivity contribution in [2.75, 3.05) is 7.11 Å². The highest BCUT2D eigenvalue weighted by atomic mass is 32.1. The molecule has 4 heteroatoms. The smallest absolute Gasteiger partial charge is 0.212 e. The van der Waals surface area contributed by atoms with E-state index in [1.807, 2.05) is 24.4 Å². The van der Waals surface area contributed by atoms with Gasteiger partial charge in [0.25, 0.3) is 0 Å². The van der Waals surface area contributed by atoms with Gasteiger partial charge in [-0.1, -0.05) is 0 Å². The van der Waals surface area contributed by atoms with Crippen molar-refractivity contribution in [1.29, 1.82) is 0 Å². The number of hydrogen-bond acceptors (Lipinski definition) is 4. The zero-order valence-electron chi connectivity index (χ0n) is 9.18. The molecule has 0 aromatic carbocycles. The fourth-order valence-corrected chi connectivity index (χ4v) is 2.43. The van der Waals surface area contributed by atoms with Crippen LogP contribution < -0.4 is 4.74 Å². The lowest BCUT2D eigenvalue weighted by atomic mass is 10.1. The molecule has 0 amide bonds. The first-order chi connectivity index (χ1) is 7.72. The fraction of sp³-hybridized carbons (Fsp3) is 0.250. The van der Waals surface area contributed by atoms with Gasteiger partial charge in [0, 0.05) is 22.7 Å². The Bertz CT molecular complexity index is 464. The second-order valence-corrected chi connectivity index (χ2v) is 4.45. The number of aromatic nitrogens is 1. The maximum Gasteiger partial charge on any atom is 0.212 e. The van der Waals surface area contributed by atoms with Gasteiger partial charge in [-0.2, -0.15) is 0 Å². The van der Waals surface area contributed by atoms with Crippen LogP contribution in [0.3, 0.4) is 0 Å². The van der Waals surface area contributed by atoms with Crippen molar-refractivity contribution in [2.24, 2.45) is 0 Å². The number of pyridine rings is 1. The van der Waals surface area contributed by atoms with Crippen molar-refractivity contribution in [3.05, 3.63) is 45.8 Å². The van der Waals surface area contributed by atoms with E-state index in [-0.39, 0.29) is 0 Å². The number of aliphatic hydroxyl groups excluding tert-OH is 1. The first-order valence-electron chi connectivity index (χ1n) is 4.94. The zero-order chi connectivity index (χ0) is 11.5. The van der Waals surface area contributed by atoms with Gasteiger partial charge in [-0.3, -0.25) is 0 Å². The summed E-state index contributed by atoms with van der Waals surface area (Å²) < 4.78 is 4.97. The van der Waals surface area contributed by atoms with Crippen LogP contribution in [0.25, 0.3) is 0 Å². The number of thiophene rings is 1. The standard InChI is InChI=1S/C12H13NO2S/c1-8-5-6-16-12(8)11(14)9-3-4-10(15-2)13-7-9/h3-7,11,14H,1-2H3. The monoisotopic (exact) mass is 235 g/mol. The Kier molecular flexibility index (Phi) is 3.22. The molecule has 0 saturated heterocycles. The molecule has 1 N–H and O–H groups in total. The lowest BCUT2D eigenvalue weighted by Gasteiger charge is -2.10. The molecule has 0 radical (unpaired) electrons. The molecular weight excluding hydrogens is 222 g/mol. The normalized spacial score (nSPS) is 12.4. The van der Waals surface area contributed by atoms with E-state index < -0.39 is 6.10 Å². The molecule has 2 rings (SSSR count). The first kappa shape index (κ1) is 11.1. The molecular formula is C12H13NO2S. The third kappa shape index (κ3) is 2.08. The number of aryl methyl sites for hydroxylation is 1. The van der Waals surface area contributed by atoms with Crippen molar-refractivity contribution >= 4 is 11.3 Å². The van der Waals surface area contributed by atoms with Crippen LogP contribution in [0.4, 0.5) is 0 Å². The van der Waals surface area contributed by atoms with Crippen LogP contribution in [0.1, 0.15) is 22.1 Å². The lowest BCUT2D eigenvalue weighted by Crippen LogP contribution is -1.99. The quantitative estimate of drug-likeness (QED) is 0.889. The van der Waals surface area contributed by atoms with Gasteiger partial charge in [0.1, 0.15) is 6.10 Å². The Morgan fingerprint density at radius 2 is 2.19 bits per heavy atom. The van der Waals surface area contributed by atoms with Crippen molar-refractivity contribution in [1.82, 2.24) is 4.98 Å². The molecule has 1 atom stereocenters. The van der Waals surface area contributed by atoms with Gasteiger partial charge < -0.3 is 9.84 Å². The van der Waals surface area contributed by atoms with Crippen LogP contribution in [0.15, 0.2) is 29.8 Å². The molecule has 0 spiro atoms. The SMILES string of the molecule is COc1ccc(C(O)c2sccc2C)cn1. The highest BCUT2D eigenvalue weighted by molar-refractivity contribution is 7.10. The number of ether oxygens (including phenoxy) is 1. The predicted molar refractivity (Wildman–Crippen MR) is 63.9 cm³/mol. The summed E-state index contributed by atoms with van der Waals surface area (Å²) in [4.78, 5) is 5.04. The molecule has 2 aromatic rings. The number of rotatable bonds is 3. The van der Waals surface area contributed by atoms with Crippen molar-refractivity contribution < 1.29 is 9.84 Å². The van der Waals surface area contributed by atoms with Gasteiger partial charge in [-0.15, -0.1) is 11.3 Å². The van der Waals surface area contributed by atoms with E-state index in [1.165, 1.54) is 0 Å². The molecule has 0 fully saturated rings. The first-order valence-corrected chi connectivity index (χ1v) is 5.82. The van der Waals surface area contributed by atoms with Gasteiger partial charge in [-0.25, -0.2) is 4.98 Å². The summed E-state index contributed by atoms with van der Waals surface area (Å²) in [6, 6.07) is 5.58. The number of methoxy groups -OCH3 is 1. The summed E-state index contributed by atoms with van der Waals surface area (Å²) in [5, 5.41) is 12.1. The number of nitrogens with zero attached hydrogens (tertiary/aromatic N) is 1. The van der Waals surface area contributed by atoms with Crippen LogP contribution in [-0.2, 0) is 0 Å². The topological polar surface area (TPSA) is 42.4 Å². The molecule has 2 aromatic heterocycles. The Morgan fingerprint density at radius 1 is 1.38 bits per heavy atom. The summed E-state index contributed by atoms with van der Waals surface area (Å²) in [6.07, 6.45) is 1.04. The molecule has 0 aliphatic heterocycles. The predicted octanol–water partition coefficient (Wildman–Crippen LogP) is 2.54. The van der Waals surface area contributed by atoms with E-state index in [9.17, 15) is 5.11 Å². The Labute approximate surface area is 98.4 Å². The molecule has 3 nitrogen and oxygen atoms in total. The lowest BCUT2D eigenvalue weighted by molar-refractivity contribution is 0.223. The highest BCUT2D eigenvalue weighted by Crippen LogP contribution is 2.29. The summed E-state index contributed by atoms with van der Waals surface area (Å²) in [5.74, 6) is 0.554. The highest BCUT2D eigenvalue weighted by Gasteiger charge is 2.14. The second kappa shape index (κ2) is 4.63. The van der Waals surface area contributed by atoms with E-state index in [4.69, 9.17) is 4.74 Å². The summed E-state index contributed by atoms with van der Waals surface area (Å²) in [7, 11) is 1.57. The van der Waals surface area contributed by atoms with Gasteiger partial charge in [0.2, 0.25) is 5.88 Å². The average molecular weight is 235 g/mol. The number of hydrogen-bond donors (Lipinski definition) is 1. The Morgan fingerprint density at radius 3 is 2.69 bits per heavy atom. The molecule has 0 bridgehead atoms. The minimum absolute atomic E-state index is 0.554. The maximum absolute atomic E-state index is 10.2. The van der Waals surface area contributed by atoms with Crippen LogP contribution in [-0.4, -0.2) is 17.2 Å². The van der Waals surface area contributed by atoms with Crippen LogP contribution in [0, 0.1) is 6.92 Å². The summed E-state index contributed by atoms with van der Waals surface area (Å²) >= 11 is 1.55.